The van der Waals surface area contributed by atoms with Crippen LogP contribution in [0.25, 0.3) is 11.5 Å². The summed E-state index contributed by atoms with van der Waals surface area (Å²) in [6, 6.07) is 7.55. The smallest absolute Gasteiger partial charge is 0.245 e. The number of hydrogen-bond acceptors (Lipinski definition) is 7. The van der Waals surface area contributed by atoms with Gasteiger partial charge in [-0.25, -0.2) is 12.8 Å². The van der Waals surface area contributed by atoms with Gasteiger partial charge in [0.1, 0.15) is 17.6 Å². The highest BCUT2D eigenvalue weighted by Crippen LogP contribution is 2.36. The number of nitrogens with zero attached hydrogens (tertiary/aromatic N) is 5. The highest BCUT2D eigenvalue weighted by atomic mass is 32.2. The van der Waals surface area contributed by atoms with E-state index in [0.717, 1.165) is 12.1 Å². The Kier molecular flexibility index (Phi) is 4.21. The lowest BCUT2D eigenvalue weighted by atomic mass is 10.2. The van der Waals surface area contributed by atoms with Gasteiger partial charge < -0.3 is 4.52 Å². The van der Waals surface area contributed by atoms with E-state index in [2.05, 4.69) is 20.3 Å². The van der Waals surface area contributed by atoms with Gasteiger partial charge in [0, 0.05) is 12.7 Å². The van der Waals surface area contributed by atoms with E-state index in [1.54, 1.807) is 12.1 Å². The molecule has 1 aliphatic rings. The highest BCUT2D eigenvalue weighted by molar-refractivity contribution is 7.89. The average molecular weight is 375 g/mol. The molecule has 10 heteroatoms. The Hall–Kier alpha value is -2.72. The molecular formula is C16H14FN5O3S. The molecule has 0 unspecified atom stereocenters. The topological polar surface area (TPSA) is 102 Å². The molecule has 3 aromatic rings. The van der Waals surface area contributed by atoms with Crippen LogP contribution in [0.3, 0.4) is 0 Å². The Labute approximate surface area is 148 Å². The highest BCUT2D eigenvalue weighted by Gasteiger charge is 2.39. The Morgan fingerprint density at radius 1 is 1.19 bits per heavy atom. The molecule has 4 rings (SSSR count). The minimum absolute atomic E-state index is 0.0273. The predicted molar refractivity (Wildman–Crippen MR) is 87.6 cm³/mol. The zero-order valence-corrected chi connectivity index (χ0v) is 14.3. The van der Waals surface area contributed by atoms with Crippen LogP contribution < -0.4 is 0 Å². The summed E-state index contributed by atoms with van der Waals surface area (Å²) in [6.45, 7) is 0.327. The van der Waals surface area contributed by atoms with Gasteiger partial charge in [-0.05, 0) is 49.2 Å². The molecule has 0 N–H and O–H groups in total. The van der Waals surface area contributed by atoms with Gasteiger partial charge in [0.15, 0.2) is 0 Å². The van der Waals surface area contributed by atoms with Gasteiger partial charge in [-0.2, -0.15) is 14.4 Å². The number of rotatable bonds is 4. The van der Waals surface area contributed by atoms with Crippen molar-refractivity contribution in [3.8, 4) is 11.5 Å². The Morgan fingerprint density at radius 3 is 2.73 bits per heavy atom. The molecule has 0 bridgehead atoms. The van der Waals surface area contributed by atoms with E-state index in [0.29, 0.717) is 25.1 Å². The summed E-state index contributed by atoms with van der Waals surface area (Å²) in [5.41, 5.74) is 0.438. The molecule has 8 nitrogen and oxygen atoms in total. The molecule has 26 heavy (non-hydrogen) atoms. The largest absolute Gasteiger partial charge is 0.337 e. The lowest BCUT2D eigenvalue weighted by Gasteiger charge is -2.21. The maximum atomic E-state index is 13.1. The van der Waals surface area contributed by atoms with Crippen LogP contribution in [0.1, 0.15) is 24.8 Å². The van der Waals surface area contributed by atoms with Gasteiger partial charge in [0.2, 0.25) is 21.7 Å². The maximum absolute atomic E-state index is 13.1. The summed E-state index contributed by atoms with van der Waals surface area (Å²) in [6.07, 6.45) is 2.74. The number of benzene rings is 1. The fourth-order valence-electron chi connectivity index (χ4n) is 2.91. The molecule has 0 aliphatic carbocycles. The second kappa shape index (κ2) is 6.54. The zero-order valence-electron chi connectivity index (χ0n) is 13.5. The van der Waals surface area contributed by atoms with E-state index in [1.807, 2.05) is 0 Å². The van der Waals surface area contributed by atoms with Crippen LogP contribution in [0.5, 0.6) is 0 Å². The van der Waals surface area contributed by atoms with E-state index >= 15 is 0 Å². The van der Waals surface area contributed by atoms with Gasteiger partial charge in [-0.1, -0.05) is 5.16 Å². The van der Waals surface area contributed by atoms with Crippen LogP contribution in [0.15, 0.2) is 52.0 Å². The van der Waals surface area contributed by atoms with Gasteiger partial charge in [0.05, 0.1) is 4.90 Å². The van der Waals surface area contributed by atoms with Crippen molar-refractivity contribution in [2.45, 2.75) is 23.8 Å². The molecule has 2 aromatic heterocycles. The summed E-state index contributed by atoms with van der Waals surface area (Å²) in [4.78, 5) is 4.31. The fourth-order valence-corrected chi connectivity index (χ4v) is 4.56. The number of aromatic nitrogens is 4. The van der Waals surface area contributed by atoms with E-state index in [1.165, 1.54) is 22.6 Å². The minimum Gasteiger partial charge on any atom is -0.337 e. The van der Waals surface area contributed by atoms with Crippen LogP contribution >= 0.6 is 0 Å². The monoisotopic (exact) mass is 375 g/mol. The molecule has 0 radical (unpaired) electrons. The van der Waals surface area contributed by atoms with Crippen LogP contribution in [-0.4, -0.2) is 39.6 Å². The molecule has 0 spiro atoms. The summed E-state index contributed by atoms with van der Waals surface area (Å²) in [7, 11) is -3.80. The third-order valence-electron chi connectivity index (χ3n) is 4.15. The minimum atomic E-state index is -3.80. The van der Waals surface area contributed by atoms with Crippen LogP contribution in [0.4, 0.5) is 4.39 Å². The SMILES string of the molecule is O=S(=O)(c1ccc(F)cc1)N1CCC[C@@H]1c1nc(-c2cccnn2)no1. The van der Waals surface area contributed by atoms with Crippen LogP contribution in [-0.2, 0) is 10.0 Å². The van der Waals surface area contributed by atoms with Crippen LogP contribution in [0.2, 0.25) is 0 Å². The number of hydrogen-bond donors (Lipinski definition) is 0. The molecule has 1 aliphatic heterocycles. The summed E-state index contributed by atoms with van der Waals surface area (Å²) >= 11 is 0. The first kappa shape index (κ1) is 16.7. The van der Waals surface area contributed by atoms with Gasteiger partial charge in [0.25, 0.3) is 0 Å². The lowest BCUT2D eigenvalue weighted by Crippen LogP contribution is -2.30. The molecule has 1 saturated heterocycles. The summed E-state index contributed by atoms with van der Waals surface area (Å²) in [5.74, 6) is -0.0413. The fraction of sp³-hybridized carbons (Fsp3) is 0.250. The molecule has 1 fully saturated rings. The first-order valence-electron chi connectivity index (χ1n) is 7.95. The number of halogens is 1. The van der Waals surface area contributed by atoms with E-state index in [-0.39, 0.29) is 16.6 Å². The Bertz CT molecular complexity index is 1010. The standard InChI is InChI=1S/C16H14FN5O3S/c17-11-5-7-12(8-6-11)26(23,24)22-10-2-4-14(22)16-19-15(21-25-16)13-3-1-9-18-20-13/h1,3,5-9,14H,2,4,10H2/t14-/m1/s1. The van der Waals surface area contributed by atoms with E-state index < -0.39 is 21.9 Å². The van der Waals surface area contributed by atoms with Crippen molar-refractivity contribution in [2.24, 2.45) is 0 Å². The lowest BCUT2D eigenvalue weighted by molar-refractivity contribution is 0.290. The maximum Gasteiger partial charge on any atom is 0.245 e. The quantitative estimate of drug-likeness (QED) is 0.689. The average Bonchev–Trinajstić information content (AvgIpc) is 3.32. The second-order valence-corrected chi connectivity index (χ2v) is 7.68. The van der Waals surface area contributed by atoms with E-state index in [9.17, 15) is 12.8 Å². The molecule has 0 amide bonds. The first-order valence-corrected chi connectivity index (χ1v) is 9.39. The predicted octanol–water partition coefficient (Wildman–Crippen LogP) is 2.19. The van der Waals surface area contributed by atoms with Gasteiger partial charge in [-0.15, -0.1) is 5.10 Å². The number of sulfonamides is 1. The Morgan fingerprint density at radius 2 is 2.00 bits per heavy atom. The van der Waals surface area contributed by atoms with E-state index in [4.69, 9.17) is 4.52 Å². The summed E-state index contributed by atoms with van der Waals surface area (Å²) in [5, 5.41) is 11.5. The molecule has 1 atom stereocenters. The molecule has 0 saturated carbocycles. The van der Waals surface area contributed by atoms with Crippen molar-refractivity contribution < 1.29 is 17.3 Å². The van der Waals surface area contributed by atoms with Crippen molar-refractivity contribution in [3.05, 3.63) is 54.3 Å². The van der Waals surface area contributed by atoms with Crippen molar-refractivity contribution in [1.82, 2.24) is 24.6 Å². The van der Waals surface area contributed by atoms with Crippen molar-refractivity contribution >= 4 is 10.0 Å². The third kappa shape index (κ3) is 2.97. The normalized spacial score (nSPS) is 18.3. The van der Waals surface area contributed by atoms with Gasteiger partial charge >= 0.3 is 0 Å². The Balaban J connectivity index is 1.65. The molecular weight excluding hydrogens is 361 g/mol. The molecule has 134 valence electrons. The van der Waals surface area contributed by atoms with Crippen molar-refractivity contribution in [3.63, 3.8) is 0 Å². The molecule has 3 heterocycles. The van der Waals surface area contributed by atoms with Crippen molar-refractivity contribution in [2.75, 3.05) is 6.54 Å². The summed E-state index contributed by atoms with van der Waals surface area (Å²) < 4.78 is 45.5. The zero-order chi connectivity index (χ0) is 18.1. The van der Waals surface area contributed by atoms with Gasteiger partial charge in [-0.3, -0.25) is 0 Å². The third-order valence-corrected chi connectivity index (χ3v) is 6.07. The molecule has 1 aromatic carbocycles. The van der Waals surface area contributed by atoms with Crippen molar-refractivity contribution in [1.29, 1.82) is 0 Å². The van der Waals surface area contributed by atoms with Crippen LogP contribution in [0, 0.1) is 5.82 Å². The second-order valence-electron chi connectivity index (χ2n) is 5.79. The first-order chi connectivity index (χ1) is 12.6.